The SMILES string of the molecule is CCC[C@H](NC(=O)[C@@H](NC(=O)[C@@H](NC(=O)OCc1ccccc1)[C@H](N)c1ccccc1)[C@H](O)C(C)C)C(=O)N[C@H](CCCNC(=N)N)C(=O)N[C@H](C(=O)N[C@H](C(=O)NCC(=O)N[C@@H](C)C(=O)N[C@@H](CO)C(=O)O)[C@H](C)O)[C@@H](C)CC. The van der Waals surface area contributed by atoms with Crippen LogP contribution in [0, 0.1) is 17.2 Å². The number of carbonyl (C=O) groups is 10. The Balaban J connectivity index is 2.37. The highest BCUT2D eigenvalue weighted by molar-refractivity contribution is 5.98. The van der Waals surface area contributed by atoms with E-state index < -0.39 is 151 Å². The maximum absolute atomic E-state index is 14.3. The van der Waals surface area contributed by atoms with Gasteiger partial charge >= 0.3 is 12.1 Å². The molecule has 2 aromatic carbocycles. The van der Waals surface area contributed by atoms with E-state index in [2.05, 4.69) is 47.9 Å². The van der Waals surface area contributed by atoms with Gasteiger partial charge in [-0.3, -0.25) is 43.8 Å². The van der Waals surface area contributed by atoms with Crippen molar-refractivity contribution in [3.05, 3.63) is 71.8 Å². The van der Waals surface area contributed by atoms with Crippen molar-refractivity contribution in [2.75, 3.05) is 19.7 Å². The summed E-state index contributed by atoms with van der Waals surface area (Å²) >= 11 is 0. The summed E-state index contributed by atoms with van der Waals surface area (Å²) in [6.45, 7) is 8.76. The molecule has 2 aromatic rings. The van der Waals surface area contributed by atoms with Crippen molar-refractivity contribution < 1.29 is 73.1 Å². The van der Waals surface area contributed by atoms with Crippen LogP contribution in [0.5, 0.6) is 0 Å². The first-order chi connectivity index (χ1) is 37.8. The molecule has 28 heteroatoms. The van der Waals surface area contributed by atoms with Gasteiger partial charge in [-0.15, -0.1) is 0 Å². The Bertz CT molecular complexity index is 2380. The van der Waals surface area contributed by atoms with E-state index in [9.17, 15) is 63.3 Å². The van der Waals surface area contributed by atoms with Crippen molar-refractivity contribution in [1.82, 2.24) is 53.2 Å². The van der Waals surface area contributed by atoms with E-state index in [-0.39, 0.29) is 44.8 Å². The summed E-state index contributed by atoms with van der Waals surface area (Å²) in [5.74, 6) is -10.9. The summed E-state index contributed by atoms with van der Waals surface area (Å²) < 4.78 is 5.37. The first-order valence-corrected chi connectivity index (χ1v) is 26.2. The molecule has 19 N–H and O–H groups in total. The zero-order chi connectivity index (χ0) is 60.2. The van der Waals surface area contributed by atoms with Crippen molar-refractivity contribution in [3.8, 4) is 0 Å². The van der Waals surface area contributed by atoms with E-state index in [1.807, 2.05) is 5.32 Å². The molecular weight excluding hydrogens is 1050 g/mol. The Morgan fingerprint density at radius 1 is 0.613 bits per heavy atom. The molecule has 0 saturated carbocycles. The number of nitrogens with one attached hydrogen (secondary N) is 11. The van der Waals surface area contributed by atoms with Crippen LogP contribution in [-0.2, 0) is 54.5 Å². The van der Waals surface area contributed by atoms with Gasteiger partial charge in [0, 0.05) is 6.54 Å². The molecular formula is C52H81N13O15. The third-order valence-corrected chi connectivity index (χ3v) is 12.6. The first-order valence-electron chi connectivity index (χ1n) is 26.2. The number of nitrogens with two attached hydrogens (primary N) is 2. The van der Waals surface area contributed by atoms with E-state index in [0.717, 1.165) is 0 Å². The molecule has 28 nitrogen and oxygen atoms in total. The predicted molar refractivity (Wildman–Crippen MR) is 290 cm³/mol. The van der Waals surface area contributed by atoms with Gasteiger partial charge in [0.1, 0.15) is 54.9 Å². The van der Waals surface area contributed by atoms with E-state index in [1.165, 1.54) is 13.8 Å². The summed E-state index contributed by atoms with van der Waals surface area (Å²) in [6.07, 6.45) is -3.63. The first kappa shape index (κ1) is 68.2. The van der Waals surface area contributed by atoms with Crippen molar-refractivity contribution in [1.29, 1.82) is 5.41 Å². The Labute approximate surface area is 464 Å². The maximum atomic E-state index is 14.3. The molecule has 2 rings (SSSR count). The van der Waals surface area contributed by atoms with Crippen molar-refractivity contribution >= 4 is 65.3 Å². The molecule has 0 spiro atoms. The second kappa shape index (κ2) is 34.8. The number of hydrogen-bond acceptors (Lipinski definition) is 16. The number of guanidine groups is 1. The van der Waals surface area contributed by atoms with Gasteiger partial charge in [0.2, 0.25) is 47.3 Å². The lowest BCUT2D eigenvalue weighted by molar-refractivity contribution is -0.143. The molecule has 0 aromatic heterocycles. The van der Waals surface area contributed by atoms with Crippen LogP contribution in [0.4, 0.5) is 4.79 Å². The number of rotatable bonds is 34. The molecule has 0 aliphatic rings. The van der Waals surface area contributed by atoms with Gasteiger partial charge in [0.15, 0.2) is 5.96 Å². The summed E-state index contributed by atoms with van der Waals surface area (Å²) in [6, 6.07) is 3.60. The van der Waals surface area contributed by atoms with E-state index in [4.69, 9.17) is 26.7 Å². The number of alkyl carbamates (subject to hydrolysis) is 1. The van der Waals surface area contributed by atoms with Gasteiger partial charge in [-0.25, -0.2) is 9.59 Å². The van der Waals surface area contributed by atoms with Crippen LogP contribution in [-0.4, -0.2) is 166 Å². The van der Waals surface area contributed by atoms with Gasteiger partial charge in [-0.1, -0.05) is 108 Å². The highest BCUT2D eigenvalue weighted by Crippen LogP contribution is 2.17. The minimum Gasteiger partial charge on any atom is -0.480 e. The fourth-order valence-electron chi connectivity index (χ4n) is 7.62. The van der Waals surface area contributed by atoms with Crippen LogP contribution in [0.2, 0.25) is 0 Å². The molecule has 0 fully saturated rings. The molecule has 9 amide bonds. The molecule has 444 valence electrons. The molecule has 80 heavy (non-hydrogen) atoms. The number of carboxylic acid groups (broad SMARTS) is 1. The van der Waals surface area contributed by atoms with Crippen LogP contribution < -0.4 is 64.6 Å². The third kappa shape index (κ3) is 23.2. The number of carboxylic acids is 1. The average Bonchev–Trinajstić information content (AvgIpc) is 3.42. The van der Waals surface area contributed by atoms with Crippen LogP contribution >= 0.6 is 0 Å². The second-order valence-electron chi connectivity index (χ2n) is 19.4. The van der Waals surface area contributed by atoms with Gasteiger partial charge in [0.05, 0.1) is 31.4 Å². The molecule has 0 aliphatic carbocycles. The fourth-order valence-corrected chi connectivity index (χ4v) is 7.62. The minimum atomic E-state index is -1.74. The Hall–Kier alpha value is -7.95. The normalized spacial score (nSPS) is 15.6. The number of carbonyl (C=O) groups excluding carboxylic acids is 9. The summed E-state index contributed by atoms with van der Waals surface area (Å²) in [5.41, 5.74) is 13.1. The summed E-state index contributed by atoms with van der Waals surface area (Å²) in [5, 5.41) is 72.1. The lowest BCUT2D eigenvalue weighted by Gasteiger charge is -2.31. The number of benzene rings is 2. The molecule has 0 unspecified atom stereocenters. The average molecular weight is 1130 g/mol. The second-order valence-corrected chi connectivity index (χ2v) is 19.4. The van der Waals surface area contributed by atoms with E-state index in [0.29, 0.717) is 17.5 Å². The number of aliphatic hydroxyl groups is 3. The monoisotopic (exact) mass is 1130 g/mol. The number of aliphatic hydroxyl groups excluding tert-OH is 3. The van der Waals surface area contributed by atoms with Gasteiger partial charge < -0.3 is 89.8 Å². The Morgan fingerprint density at radius 3 is 1.69 bits per heavy atom. The minimum absolute atomic E-state index is 0.0267. The molecule has 12 atom stereocenters. The van der Waals surface area contributed by atoms with Gasteiger partial charge in [-0.05, 0) is 56.1 Å². The third-order valence-electron chi connectivity index (χ3n) is 12.6. The Kier molecular flexibility index (Phi) is 29.7. The molecule has 0 saturated heterocycles. The molecule has 0 radical (unpaired) electrons. The predicted octanol–water partition coefficient (Wildman–Crippen LogP) is -2.90. The van der Waals surface area contributed by atoms with Crippen LogP contribution in [0.3, 0.4) is 0 Å². The zero-order valence-corrected chi connectivity index (χ0v) is 46.1. The van der Waals surface area contributed by atoms with Crippen molar-refractivity contribution in [3.63, 3.8) is 0 Å². The molecule has 0 aliphatic heterocycles. The zero-order valence-electron chi connectivity index (χ0n) is 46.1. The topological polar surface area (TPSA) is 457 Å². The molecule has 0 bridgehead atoms. The smallest absolute Gasteiger partial charge is 0.408 e. The standard InChI is InChI=1S/C52H81N13O15/c1-8-17-33(60-49(76)41(42(69)27(3)4)64-48(75)40(37(53)32-20-14-11-15-21-32)65-52(79)80-26-31-18-12-10-13-19-31)44(71)59-34(22-16-23-56-51(54)55)45(72)62-38(28(5)9-2)47(74)63-39(30(7)67)46(73)57-24-36(68)58-29(6)43(70)61-35(25-66)50(77)78/h10-15,18-21,27-30,33-35,37-42,66-67,69H,8-9,16-17,22-26,53H2,1-7H3,(H,57,73)(H,58,68)(H,59,71)(H,60,76)(H,61,70)(H,62,72)(H,63,74)(H,64,75)(H,65,79)(H,77,78)(H4,54,55,56)/t28-,29-,30-,33-,34+,35-,37+,38-,39-,40-,41-,42+/m0/s1. The van der Waals surface area contributed by atoms with E-state index in [1.54, 1.807) is 95.3 Å². The molecule has 0 heterocycles. The number of amides is 9. The van der Waals surface area contributed by atoms with E-state index >= 15 is 0 Å². The lowest BCUT2D eigenvalue weighted by atomic mass is 9.96. The fraction of sp³-hybridized carbons (Fsp3) is 0.558. The highest BCUT2D eigenvalue weighted by atomic mass is 16.5. The van der Waals surface area contributed by atoms with Crippen LogP contribution in [0.15, 0.2) is 60.7 Å². The van der Waals surface area contributed by atoms with Crippen LogP contribution in [0.1, 0.15) is 97.7 Å². The largest absolute Gasteiger partial charge is 0.480 e. The summed E-state index contributed by atoms with van der Waals surface area (Å²) in [4.78, 5) is 134. The Morgan fingerprint density at radius 2 is 1.14 bits per heavy atom. The lowest BCUT2D eigenvalue weighted by Crippen LogP contribution is -2.63. The maximum Gasteiger partial charge on any atom is 0.408 e. The highest BCUT2D eigenvalue weighted by Gasteiger charge is 2.39. The number of hydrogen-bond donors (Lipinski definition) is 17. The number of aliphatic carboxylic acids is 1. The van der Waals surface area contributed by atoms with Crippen molar-refractivity contribution in [2.45, 2.75) is 154 Å². The van der Waals surface area contributed by atoms with Gasteiger partial charge in [0.25, 0.3) is 0 Å². The van der Waals surface area contributed by atoms with Gasteiger partial charge in [-0.2, -0.15) is 0 Å². The van der Waals surface area contributed by atoms with Crippen LogP contribution in [0.25, 0.3) is 0 Å². The quantitative estimate of drug-likeness (QED) is 0.0190. The number of ether oxygens (including phenoxy) is 1. The van der Waals surface area contributed by atoms with Crippen molar-refractivity contribution in [2.24, 2.45) is 23.3 Å². The summed E-state index contributed by atoms with van der Waals surface area (Å²) in [7, 11) is 0.